The third-order valence-corrected chi connectivity index (χ3v) is 6.45. The Morgan fingerprint density at radius 2 is 1.58 bits per heavy atom. The summed E-state index contributed by atoms with van der Waals surface area (Å²) in [5, 5.41) is 14.3. The highest BCUT2D eigenvalue weighted by atomic mass is 32.2. The molecule has 3 aromatic rings. The molecule has 1 heterocycles. The highest BCUT2D eigenvalue weighted by Crippen LogP contribution is 2.47. The van der Waals surface area contributed by atoms with Crippen molar-refractivity contribution < 1.29 is 19.2 Å². The maximum Gasteiger partial charge on any atom is 0.286 e. The number of nitro groups is 1. The average Bonchev–Trinajstić information content (AvgIpc) is 2.84. The molecule has 8 nitrogen and oxygen atoms in total. The van der Waals surface area contributed by atoms with E-state index in [4.69, 9.17) is 9.47 Å². The van der Waals surface area contributed by atoms with Crippen LogP contribution in [0.3, 0.4) is 0 Å². The number of hydrogen-bond acceptors (Lipinski definition) is 7. The van der Waals surface area contributed by atoms with Gasteiger partial charge in [0.05, 0.1) is 36.6 Å². The molecule has 1 N–H and O–H groups in total. The van der Waals surface area contributed by atoms with Crippen LogP contribution in [0.15, 0.2) is 70.5 Å². The monoisotopic (exact) mass is 465 g/mol. The molecule has 0 atom stereocenters. The van der Waals surface area contributed by atoms with E-state index in [-0.39, 0.29) is 22.7 Å². The molecule has 0 bridgehead atoms. The number of para-hydroxylation sites is 2. The summed E-state index contributed by atoms with van der Waals surface area (Å²) >= 11 is 1.74. The minimum atomic E-state index is -0.601. The molecular formula is C24H23N3O5S. The zero-order valence-electron chi connectivity index (χ0n) is 18.2. The van der Waals surface area contributed by atoms with E-state index in [1.165, 1.54) is 36.1 Å². The van der Waals surface area contributed by atoms with Crippen LogP contribution in [-0.4, -0.2) is 38.1 Å². The number of nitrogens with one attached hydrogen (secondary N) is 1. The van der Waals surface area contributed by atoms with Crippen LogP contribution < -0.4 is 19.7 Å². The lowest BCUT2D eigenvalue weighted by atomic mass is 10.1. The third-order valence-electron chi connectivity index (χ3n) is 5.32. The predicted octanol–water partition coefficient (Wildman–Crippen LogP) is 5.03. The van der Waals surface area contributed by atoms with Crippen molar-refractivity contribution in [3.8, 4) is 11.5 Å². The summed E-state index contributed by atoms with van der Waals surface area (Å²) in [6.07, 6.45) is 0.653. The van der Waals surface area contributed by atoms with Gasteiger partial charge in [0.1, 0.15) is 5.56 Å². The Labute approximate surface area is 195 Å². The summed E-state index contributed by atoms with van der Waals surface area (Å²) in [6, 6.07) is 19.0. The minimum absolute atomic E-state index is 0.0669. The maximum absolute atomic E-state index is 12.8. The molecular weight excluding hydrogens is 442 g/mol. The third kappa shape index (κ3) is 4.58. The van der Waals surface area contributed by atoms with Crippen LogP contribution >= 0.6 is 11.8 Å². The largest absolute Gasteiger partial charge is 0.493 e. The van der Waals surface area contributed by atoms with Crippen LogP contribution in [0.4, 0.5) is 17.1 Å². The van der Waals surface area contributed by atoms with E-state index in [1.54, 1.807) is 11.8 Å². The summed E-state index contributed by atoms with van der Waals surface area (Å²) in [5.41, 5.74) is 1.86. The van der Waals surface area contributed by atoms with Crippen LogP contribution in [0.5, 0.6) is 11.5 Å². The molecule has 0 saturated heterocycles. The zero-order chi connectivity index (χ0) is 23.4. The van der Waals surface area contributed by atoms with Crippen molar-refractivity contribution in [1.82, 2.24) is 5.32 Å². The number of nitro benzene ring substituents is 1. The predicted molar refractivity (Wildman–Crippen MR) is 127 cm³/mol. The fourth-order valence-corrected chi connectivity index (χ4v) is 4.85. The van der Waals surface area contributed by atoms with Crippen molar-refractivity contribution in [2.75, 3.05) is 32.2 Å². The average molecular weight is 466 g/mol. The van der Waals surface area contributed by atoms with Gasteiger partial charge in [-0.2, -0.15) is 0 Å². The topological polar surface area (TPSA) is 93.9 Å². The molecule has 0 saturated carbocycles. The Morgan fingerprint density at radius 1 is 1.00 bits per heavy atom. The summed E-state index contributed by atoms with van der Waals surface area (Å²) in [7, 11) is 2.80. The number of carbonyl (C=O) groups is 1. The van der Waals surface area contributed by atoms with Gasteiger partial charge in [0, 0.05) is 28.9 Å². The molecule has 0 fully saturated rings. The summed E-state index contributed by atoms with van der Waals surface area (Å²) in [4.78, 5) is 28.2. The fourth-order valence-electron chi connectivity index (χ4n) is 3.76. The minimum Gasteiger partial charge on any atom is -0.493 e. The summed E-state index contributed by atoms with van der Waals surface area (Å²) in [5.74, 6) is -0.0778. The van der Waals surface area contributed by atoms with Gasteiger partial charge in [-0.1, -0.05) is 36.0 Å². The molecule has 0 unspecified atom stereocenters. The lowest BCUT2D eigenvalue weighted by Crippen LogP contribution is -2.29. The van der Waals surface area contributed by atoms with Crippen molar-refractivity contribution in [2.45, 2.75) is 16.2 Å². The standard InChI is InChI=1S/C24H23N3O5S/c1-31-20-14-16(19(27(29)30)15-21(20)32-2)24(28)25-12-7-13-26-17-8-3-5-10-22(17)33-23-11-6-4-9-18(23)26/h3-6,8-11,14-15H,7,12-13H2,1-2H3,(H,25,28). The number of amides is 1. The van der Waals surface area contributed by atoms with Crippen LogP contribution in [0.2, 0.25) is 0 Å². The summed E-state index contributed by atoms with van der Waals surface area (Å²) in [6.45, 7) is 1.04. The molecule has 9 heteroatoms. The van der Waals surface area contributed by atoms with Crippen LogP contribution in [0.1, 0.15) is 16.8 Å². The van der Waals surface area contributed by atoms with Gasteiger partial charge in [-0.25, -0.2) is 0 Å². The second-order valence-corrected chi connectivity index (χ2v) is 8.36. The van der Waals surface area contributed by atoms with Gasteiger partial charge in [-0.05, 0) is 30.7 Å². The first kappa shape index (κ1) is 22.5. The number of ether oxygens (including phenoxy) is 2. The Morgan fingerprint density at radius 3 is 2.15 bits per heavy atom. The number of methoxy groups -OCH3 is 2. The van der Waals surface area contributed by atoms with Crippen molar-refractivity contribution in [2.24, 2.45) is 0 Å². The highest BCUT2D eigenvalue weighted by Gasteiger charge is 2.25. The molecule has 33 heavy (non-hydrogen) atoms. The maximum atomic E-state index is 12.8. The molecule has 0 radical (unpaired) electrons. The molecule has 1 amide bonds. The molecule has 1 aliphatic rings. The first-order chi connectivity index (χ1) is 16.0. The Hall–Kier alpha value is -3.72. The van der Waals surface area contributed by atoms with E-state index in [0.29, 0.717) is 19.5 Å². The van der Waals surface area contributed by atoms with Gasteiger partial charge in [0.2, 0.25) is 0 Å². The SMILES string of the molecule is COc1cc(C(=O)NCCCN2c3ccccc3Sc3ccccc32)c([N+](=O)[O-])cc1OC. The van der Waals surface area contributed by atoms with E-state index in [1.807, 2.05) is 24.3 Å². The van der Waals surface area contributed by atoms with Gasteiger partial charge in [0.25, 0.3) is 11.6 Å². The molecule has 0 aromatic heterocycles. The van der Waals surface area contributed by atoms with Crippen molar-refractivity contribution in [1.29, 1.82) is 0 Å². The quantitative estimate of drug-likeness (QED) is 0.283. The molecule has 0 spiro atoms. The van der Waals surface area contributed by atoms with Gasteiger partial charge in [-0.15, -0.1) is 0 Å². The van der Waals surface area contributed by atoms with Crippen LogP contribution in [0.25, 0.3) is 0 Å². The smallest absolute Gasteiger partial charge is 0.286 e. The van der Waals surface area contributed by atoms with E-state index in [0.717, 1.165) is 11.4 Å². The van der Waals surface area contributed by atoms with E-state index in [2.05, 4.69) is 34.5 Å². The molecule has 1 aliphatic heterocycles. The molecule has 0 aliphatic carbocycles. The van der Waals surface area contributed by atoms with Crippen molar-refractivity contribution >= 4 is 34.7 Å². The number of fused-ring (bicyclic) bond motifs is 2. The van der Waals surface area contributed by atoms with Gasteiger partial charge < -0.3 is 19.7 Å². The number of hydrogen-bond donors (Lipinski definition) is 1. The second kappa shape index (κ2) is 9.83. The number of anilines is 2. The van der Waals surface area contributed by atoms with E-state index < -0.39 is 10.8 Å². The van der Waals surface area contributed by atoms with E-state index >= 15 is 0 Å². The van der Waals surface area contributed by atoms with Crippen LogP contribution in [0, 0.1) is 10.1 Å². The first-order valence-electron chi connectivity index (χ1n) is 10.4. The summed E-state index contributed by atoms with van der Waals surface area (Å²) < 4.78 is 10.3. The number of nitrogens with zero attached hydrogens (tertiary/aromatic N) is 2. The number of benzene rings is 3. The normalized spacial score (nSPS) is 11.9. The lowest BCUT2D eigenvalue weighted by Gasteiger charge is -2.32. The lowest BCUT2D eigenvalue weighted by molar-refractivity contribution is -0.385. The molecule has 4 rings (SSSR count). The van der Waals surface area contributed by atoms with E-state index in [9.17, 15) is 14.9 Å². The van der Waals surface area contributed by atoms with Crippen molar-refractivity contribution in [3.63, 3.8) is 0 Å². The second-order valence-electron chi connectivity index (χ2n) is 7.28. The highest BCUT2D eigenvalue weighted by molar-refractivity contribution is 7.99. The molecule has 3 aromatic carbocycles. The van der Waals surface area contributed by atoms with Gasteiger partial charge >= 0.3 is 0 Å². The van der Waals surface area contributed by atoms with Crippen LogP contribution in [-0.2, 0) is 0 Å². The van der Waals surface area contributed by atoms with Gasteiger partial charge in [-0.3, -0.25) is 14.9 Å². The van der Waals surface area contributed by atoms with Crippen molar-refractivity contribution in [3.05, 3.63) is 76.3 Å². The number of rotatable bonds is 8. The number of carbonyl (C=O) groups excluding carboxylic acids is 1. The zero-order valence-corrected chi connectivity index (χ0v) is 19.1. The Bertz CT molecular complexity index is 1150. The Balaban J connectivity index is 1.46. The Kier molecular flexibility index (Phi) is 6.69. The fraction of sp³-hybridized carbons (Fsp3) is 0.208. The molecule has 170 valence electrons. The van der Waals surface area contributed by atoms with Gasteiger partial charge in [0.15, 0.2) is 11.5 Å². The first-order valence-corrected chi connectivity index (χ1v) is 11.2.